The van der Waals surface area contributed by atoms with Crippen LogP contribution < -0.4 is 0 Å². The first-order chi connectivity index (χ1) is 9.60. The van der Waals surface area contributed by atoms with Gasteiger partial charge in [-0.3, -0.25) is 10.1 Å². The van der Waals surface area contributed by atoms with E-state index < -0.39 is 15.8 Å². The molecule has 0 heterocycles. The molecule has 6 heteroatoms. The smallest absolute Gasteiger partial charge is 0.258 e. The minimum Gasteiger partial charge on any atom is -0.258 e. The van der Waals surface area contributed by atoms with Crippen molar-refractivity contribution in [2.45, 2.75) is 43.9 Å². The van der Waals surface area contributed by atoms with Gasteiger partial charge in [0.05, 0.1) is 33.5 Å². The minimum atomic E-state index is -1.01. The molecule has 5 nitrogen and oxygen atoms in total. The van der Waals surface area contributed by atoms with Gasteiger partial charge in [0, 0.05) is 10.9 Å². The lowest BCUT2D eigenvalue weighted by atomic mass is 9.78. The van der Waals surface area contributed by atoms with E-state index in [0.717, 1.165) is 0 Å². The maximum Gasteiger partial charge on any atom is 0.278 e. The van der Waals surface area contributed by atoms with E-state index in [-0.39, 0.29) is 11.0 Å². The molecule has 0 saturated carbocycles. The molecule has 0 saturated heterocycles. The van der Waals surface area contributed by atoms with Crippen LogP contribution >= 0.6 is 15.9 Å². The van der Waals surface area contributed by atoms with Gasteiger partial charge in [0.2, 0.25) is 0 Å². The number of benzene rings is 1. The average molecular weight is 350 g/mol. The third-order valence-electron chi connectivity index (χ3n) is 3.47. The van der Waals surface area contributed by atoms with Crippen LogP contribution in [-0.2, 0) is 16.2 Å². The summed E-state index contributed by atoms with van der Waals surface area (Å²) in [7, 11) is 0. The number of hydrogen-bond acceptors (Lipinski definition) is 4. The molecule has 21 heavy (non-hydrogen) atoms. The van der Waals surface area contributed by atoms with Crippen molar-refractivity contribution in [3.05, 3.63) is 38.9 Å². The molecule has 0 aliphatic heterocycles. The highest BCUT2D eigenvalue weighted by molar-refractivity contribution is 9.08. The highest BCUT2D eigenvalue weighted by Crippen LogP contribution is 2.38. The van der Waals surface area contributed by atoms with Crippen molar-refractivity contribution < 1.29 is 4.92 Å². The van der Waals surface area contributed by atoms with Gasteiger partial charge >= 0.3 is 0 Å². The second kappa shape index (κ2) is 5.83. The molecule has 0 aliphatic rings. The van der Waals surface area contributed by atoms with Crippen LogP contribution in [0.15, 0.2) is 12.1 Å². The summed E-state index contributed by atoms with van der Waals surface area (Å²) in [6.07, 6.45) is 0. The van der Waals surface area contributed by atoms with Gasteiger partial charge in [-0.15, -0.1) is 0 Å². The van der Waals surface area contributed by atoms with Crippen LogP contribution in [0.25, 0.3) is 0 Å². The molecule has 0 aliphatic carbocycles. The predicted octanol–water partition coefficient (Wildman–Crippen LogP) is 4.09. The van der Waals surface area contributed by atoms with E-state index in [1.165, 1.54) is 0 Å². The molecule has 1 aromatic rings. The van der Waals surface area contributed by atoms with Gasteiger partial charge in [-0.2, -0.15) is 10.5 Å². The fraction of sp³-hybridized carbons (Fsp3) is 0.467. The van der Waals surface area contributed by atoms with E-state index in [9.17, 15) is 20.6 Å². The zero-order valence-corrected chi connectivity index (χ0v) is 14.0. The Morgan fingerprint density at radius 3 is 2.10 bits per heavy atom. The van der Waals surface area contributed by atoms with Crippen molar-refractivity contribution in [1.82, 2.24) is 0 Å². The Hall–Kier alpha value is -1.92. The van der Waals surface area contributed by atoms with E-state index in [2.05, 4.69) is 28.1 Å². The van der Waals surface area contributed by atoms with Crippen molar-refractivity contribution in [1.29, 1.82) is 10.5 Å². The van der Waals surface area contributed by atoms with Gasteiger partial charge < -0.3 is 0 Å². The normalized spacial score (nSPS) is 11.6. The highest BCUT2D eigenvalue weighted by Gasteiger charge is 2.34. The minimum absolute atomic E-state index is 0.0593. The maximum atomic E-state index is 11.4. The van der Waals surface area contributed by atoms with Crippen LogP contribution in [0.5, 0.6) is 0 Å². The summed E-state index contributed by atoms with van der Waals surface area (Å²) in [4.78, 5) is 10.9. The molecule has 0 unspecified atom stereocenters. The molecule has 0 fully saturated rings. The number of nitro groups is 1. The Balaban J connectivity index is 3.83. The van der Waals surface area contributed by atoms with Gasteiger partial charge in [0.25, 0.3) is 5.69 Å². The lowest BCUT2D eigenvalue weighted by Crippen LogP contribution is -2.21. The highest BCUT2D eigenvalue weighted by atomic mass is 79.9. The molecule has 0 radical (unpaired) electrons. The van der Waals surface area contributed by atoms with E-state index in [4.69, 9.17) is 0 Å². The zero-order chi connectivity index (χ0) is 16.4. The second-order valence-electron chi connectivity index (χ2n) is 5.90. The molecule has 110 valence electrons. The molecule has 0 amide bonds. The van der Waals surface area contributed by atoms with Crippen molar-refractivity contribution in [3.63, 3.8) is 0 Å². The SMILES string of the molecule is CC(C)(C#N)c1cc(CBr)c([N+](=O)[O-])c(C(C)(C)C#N)c1. The number of halogens is 1. The fourth-order valence-electron chi connectivity index (χ4n) is 1.97. The fourth-order valence-corrected chi connectivity index (χ4v) is 2.40. The first-order valence-corrected chi connectivity index (χ1v) is 7.43. The van der Waals surface area contributed by atoms with Gasteiger partial charge in [0.15, 0.2) is 0 Å². The number of nitro benzene ring substituents is 1. The van der Waals surface area contributed by atoms with E-state index in [1.807, 2.05) is 0 Å². The number of hydrogen-bond donors (Lipinski definition) is 0. The second-order valence-corrected chi connectivity index (χ2v) is 6.46. The quantitative estimate of drug-likeness (QED) is 0.464. The summed E-state index contributed by atoms with van der Waals surface area (Å²) in [5.74, 6) is 0. The van der Waals surface area contributed by atoms with Crippen molar-refractivity contribution in [3.8, 4) is 12.1 Å². The largest absolute Gasteiger partial charge is 0.278 e. The molecule has 1 rings (SSSR count). The van der Waals surface area contributed by atoms with Crippen LogP contribution in [0.4, 0.5) is 5.69 Å². The first kappa shape index (κ1) is 17.1. The molecule has 0 aromatic heterocycles. The number of nitrogens with zero attached hydrogens (tertiary/aromatic N) is 3. The Morgan fingerprint density at radius 2 is 1.71 bits per heavy atom. The summed E-state index contributed by atoms with van der Waals surface area (Å²) in [6.45, 7) is 6.76. The molecule has 0 N–H and O–H groups in total. The average Bonchev–Trinajstić information content (AvgIpc) is 2.45. The lowest BCUT2D eigenvalue weighted by molar-refractivity contribution is -0.386. The third-order valence-corrected chi connectivity index (χ3v) is 4.07. The van der Waals surface area contributed by atoms with E-state index in [1.54, 1.807) is 39.8 Å². The Morgan fingerprint density at radius 1 is 1.19 bits per heavy atom. The van der Waals surface area contributed by atoms with Crippen LogP contribution in [-0.4, -0.2) is 4.92 Å². The summed E-state index contributed by atoms with van der Waals surface area (Å²) in [5, 5.41) is 30.3. The molecule has 0 atom stereocenters. The summed E-state index contributed by atoms with van der Waals surface area (Å²) in [5.41, 5.74) is -0.378. The van der Waals surface area contributed by atoms with E-state index >= 15 is 0 Å². The molecule has 0 spiro atoms. The summed E-state index contributed by atoms with van der Waals surface area (Å²) < 4.78 is 0. The number of nitriles is 2. The zero-order valence-electron chi connectivity index (χ0n) is 12.4. The van der Waals surface area contributed by atoms with Crippen LogP contribution in [0.3, 0.4) is 0 Å². The van der Waals surface area contributed by atoms with Gasteiger partial charge in [-0.05, 0) is 45.4 Å². The van der Waals surface area contributed by atoms with Gasteiger partial charge in [-0.25, -0.2) is 0 Å². The molecule has 0 bridgehead atoms. The monoisotopic (exact) mass is 349 g/mol. The third kappa shape index (κ3) is 3.22. The topological polar surface area (TPSA) is 90.7 Å². The van der Waals surface area contributed by atoms with Crippen LogP contribution in [0.1, 0.15) is 44.4 Å². The van der Waals surface area contributed by atoms with Gasteiger partial charge in [0.1, 0.15) is 0 Å². The number of alkyl halides is 1. The van der Waals surface area contributed by atoms with Crippen LogP contribution in [0, 0.1) is 32.8 Å². The van der Waals surface area contributed by atoms with Crippen molar-refractivity contribution in [2.24, 2.45) is 0 Å². The first-order valence-electron chi connectivity index (χ1n) is 6.31. The molecular formula is C15H16BrN3O2. The standard InChI is InChI=1S/C15H16BrN3O2/c1-14(2,8-17)11-5-10(7-16)13(19(20)21)12(6-11)15(3,4)9-18/h5-6H,7H2,1-4H3. The van der Waals surface area contributed by atoms with E-state index in [0.29, 0.717) is 16.7 Å². The Bertz CT molecular complexity index is 667. The number of rotatable bonds is 4. The molecule has 1 aromatic carbocycles. The van der Waals surface area contributed by atoms with Crippen molar-refractivity contribution in [2.75, 3.05) is 0 Å². The predicted molar refractivity (Wildman–Crippen MR) is 83.0 cm³/mol. The van der Waals surface area contributed by atoms with Gasteiger partial charge in [-0.1, -0.05) is 15.9 Å². The lowest BCUT2D eigenvalue weighted by Gasteiger charge is -2.23. The summed E-state index contributed by atoms with van der Waals surface area (Å²) in [6, 6.07) is 7.55. The van der Waals surface area contributed by atoms with Crippen LogP contribution in [0.2, 0.25) is 0 Å². The Kier molecular flexibility index (Phi) is 4.76. The molecular weight excluding hydrogens is 334 g/mol. The summed E-state index contributed by atoms with van der Waals surface area (Å²) >= 11 is 3.25. The Labute approximate surface area is 132 Å². The maximum absolute atomic E-state index is 11.4. The van der Waals surface area contributed by atoms with Crippen molar-refractivity contribution >= 4 is 21.6 Å².